The second-order valence-electron chi connectivity index (χ2n) is 4.80. The van der Waals surface area contributed by atoms with E-state index < -0.39 is 10.8 Å². The highest BCUT2D eigenvalue weighted by atomic mass is 35.5. The molecule has 1 aromatic rings. The molecule has 1 N–H and O–H groups in total. The van der Waals surface area contributed by atoms with Crippen molar-refractivity contribution in [3.05, 3.63) is 34.9 Å². The molecule has 4 unspecified atom stereocenters. The molecule has 1 aliphatic rings. The first-order valence-electron chi connectivity index (χ1n) is 5.94. The van der Waals surface area contributed by atoms with Crippen molar-refractivity contribution in [3.63, 3.8) is 0 Å². The fourth-order valence-corrected chi connectivity index (χ4v) is 3.86. The number of halogens is 1. The summed E-state index contributed by atoms with van der Waals surface area (Å²) in [7, 11) is -0.764. The van der Waals surface area contributed by atoms with Crippen molar-refractivity contribution in [1.29, 1.82) is 0 Å². The van der Waals surface area contributed by atoms with E-state index in [2.05, 4.69) is 19.2 Å². The van der Waals surface area contributed by atoms with Crippen LogP contribution in [-0.4, -0.2) is 21.8 Å². The summed E-state index contributed by atoms with van der Waals surface area (Å²) in [6, 6.07) is 7.98. The molecular formula is C13H18ClNOS. The summed E-state index contributed by atoms with van der Waals surface area (Å²) in [6.07, 6.45) is 0. The second-order valence-corrected chi connectivity index (χ2v) is 7.07. The molecule has 0 bridgehead atoms. The molecule has 1 heterocycles. The Morgan fingerprint density at radius 1 is 1.29 bits per heavy atom. The minimum atomic E-state index is -0.764. The second kappa shape index (κ2) is 5.51. The minimum Gasteiger partial charge on any atom is -0.309 e. The summed E-state index contributed by atoms with van der Waals surface area (Å²) in [5.41, 5.74) is 1.17. The molecule has 0 spiro atoms. The number of hydrogen-bond donors (Lipinski definition) is 1. The van der Waals surface area contributed by atoms with E-state index in [9.17, 15) is 4.21 Å². The van der Waals surface area contributed by atoms with Gasteiger partial charge in [-0.05, 0) is 37.1 Å². The average Bonchev–Trinajstić information content (AvgIpc) is 2.42. The zero-order valence-corrected chi connectivity index (χ0v) is 11.7. The molecule has 4 heteroatoms. The van der Waals surface area contributed by atoms with Crippen molar-refractivity contribution in [3.8, 4) is 0 Å². The number of nitrogens with one attached hydrogen (secondary N) is 1. The highest BCUT2D eigenvalue weighted by Crippen LogP contribution is 2.25. The monoisotopic (exact) mass is 271 g/mol. The van der Waals surface area contributed by atoms with E-state index in [1.807, 2.05) is 24.3 Å². The predicted octanol–water partition coefficient (Wildman–Crippen LogP) is 2.76. The minimum absolute atomic E-state index is 0.140. The van der Waals surface area contributed by atoms with Crippen LogP contribution in [0, 0.1) is 5.92 Å². The van der Waals surface area contributed by atoms with Gasteiger partial charge in [-0.25, -0.2) is 0 Å². The molecule has 0 aliphatic carbocycles. The third-order valence-electron chi connectivity index (χ3n) is 3.25. The molecule has 1 saturated heterocycles. The third-order valence-corrected chi connectivity index (χ3v) is 5.50. The van der Waals surface area contributed by atoms with Crippen molar-refractivity contribution >= 4 is 22.4 Å². The topological polar surface area (TPSA) is 29.1 Å². The van der Waals surface area contributed by atoms with Crippen LogP contribution in [0.1, 0.15) is 25.5 Å². The van der Waals surface area contributed by atoms with Gasteiger partial charge < -0.3 is 5.32 Å². The normalized spacial score (nSPS) is 34.3. The SMILES string of the molecule is CC1CNC(c2ccc(Cl)cc2)C(C)S(=O)C1. The lowest BCUT2D eigenvalue weighted by Gasteiger charge is -2.22. The molecule has 1 fully saturated rings. The summed E-state index contributed by atoms with van der Waals surface area (Å²) >= 11 is 5.89. The van der Waals surface area contributed by atoms with Gasteiger partial charge in [-0.3, -0.25) is 4.21 Å². The van der Waals surface area contributed by atoms with E-state index in [0.717, 1.165) is 17.3 Å². The summed E-state index contributed by atoms with van der Waals surface area (Å²) in [5.74, 6) is 1.26. The fourth-order valence-electron chi connectivity index (χ4n) is 2.20. The van der Waals surface area contributed by atoms with Crippen LogP contribution in [-0.2, 0) is 10.8 Å². The lowest BCUT2D eigenvalue weighted by molar-refractivity contribution is 0.489. The first-order valence-corrected chi connectivity index (χ1v) is 7.70. The molecule has 0 radical (unpaired) electrons. The van der Waals surface area contributed by atoms with E-state index in [-0.39, 0.29) is 11.3 Å². The Balaban J connectivity index is 2.24. The Morgan fingerprint density at radius 2 is 1.94 bits per heavy atom. The van der Waals surface area contributed by atoms with Crippen LogP contribution in [0.4, 0.5) is 0 Å². The van der Waals surface area contributed by atoms with Crippen LogP contribution in [0.15, 0.2) is 24.3 Å². The Labute approximate surface area is 110 Å². The van der Waals surface area contributed by atoms with Gasteiger partial charge in [0.15, 0.2) is 0 Å². The van der Waals surface area contributed by atoms with Gasteiger partial charge in [-0.15, -0.1) is 0 Å². The number of rotatable bonds is 1. The van der Waals surface area contributed by atoms with Crippen molar-refractivity contribution in [2.75, 3.05) is 12.3 Å². The van der Waals surface area contributed by atoms with Crippen molar-refractivity contribution in [1.82, 2.24) is 5.32 Å². The largest absolute Gasteiger partial charge is 0.309 e. The summed E-state index contributed by atoms with van der Waals surface area (Å²) in [5, 5.41) is 4.39. The van der Waals surface area contributed by atoms with E-state index in [1.165, 1.54) is 5.56 Å². The Morgan fingerprint density at radius 3 is 2.59 bits per heavy atom. The van der Waals surface area contributed by atoms with E-state index >= 15 is 0 Å². The molecule has 0 saturated carbocycles. The lowest BCUT2D eigenvalue weighted by Crippen LogP contribution is -2.31. The van der Waals surface area contributed by atoms with Gasteiger partial charge >= 0.3 is 0 Å². The number of hydrogen-bond acceptors (Lipinski definition) is 2. The van der Waals surface area contributed by atoms with Crippen LogP contribution in [0.3, 0.4) is 0 Å². The molecule has 2 rings (SSSR count). The average molecular weight is 272 g/mol. The smallest absolute Gasteiger partial charge is 0.0514 e. The zero-order chi connectivity index (χ0) is 12.4. The summed E-state index contributed by atoms with van der Waals surface area (Å²) < 4.78 is 12.1. The van der Waals surface area contributed by atoms with E-state index in [1.54, 1.807) is 0 Å². The van der Waals surface area contributed by atoms with Gasteiger partial charge in [-0.2, -0.15) is 0 Å². The standard InChI is InChI=1S/C13H18ClNOS/c1-9-7-15-13(10(2)17(16)8-9)11-3-5-12(14)6-4-11/h3-6,9-10,13,15H,7-8H2,1-2H3. The van der Waals surface area contributed by atoms with Crippen LogP contribution in [0.2, 0.25) is 5.02 Å². The Bertz CT molecular complexity index is 406. The Hall–Kier alpha value is -0.380. The Kier molecular flexibility index (Phi) is 4.23. The first-order chi connectivity index (χ1) is 8.08. The van der Waals surface area contributed by atoms with Crippen molar-refractivity contribution in [2.45, 2.75) is 25.1 Å². The van der Waals surface area contributed by atoms with Crippen LogP contribution in [0.25, 0.3) is 0 Å². The van der Waals surface area contributed by atoms with Gasteiger partial charge in [0.25, 0.3) is 0 Å². The molecule has 0 amide bonds. The molecule has 1 aromatic carbocycles. The summed E-state index contributed by atoms with van der Waals surface area (Å²) in [4.78, 5) is 0. The molecule has 2 nitrogen and oxygen atoms in total. The lowest BCUT2D eigenvalue weighted by atomic mass is 10.0. The maximum Gasteiger partial charge on any atom is 0.0514 e. The predicted molar refractivity (Wildman–Crippen MR) is 73.8 cm³/mol. The van der Waals surface area contributed by atoms with Gasteiger partial charge in [-0.1, -0.05) is 30.7 Å². The van der Waals surface area contributed by atoms with Gasteiger partial charge in [0.2, 0.25) is 0 Å². The first kappa shape index (κ1) is 13.1. The van der Waals surface area contributed by atoms with Gasteiger partial charge in [0.05, 0.1) is 5.25 Å². The molecule has 1 aliphatic heterocycles. The molecule has 4 atom stereocenters. The fraction of sp³-hybridized carbons (Fsp3) is 0.538. The maximum absolute atomic E-state index is 12.1. The van der Waals surface area contributed by atoms with Crippen LogP contribution >= 0.6 is 11.6 Å². The number of benzene rings is 1. The third kappa shape index (κ3) is 3.09. The van der Waals surface area contributed by atoms with Crippen molar-refractivity contribution < 1.29 is 4.21 Å². The highest BCUT2D eigenvalue weighted by Gasteiger charge is 2.28. The van der Waals surface area contributed by atoms with E-state index in [0.29, 0.717) is 5.92 Å². The van der Waals surface area contributed by atoms with Gasteiger partial charge in [0, 0.05) is 27.6 Å². The van der Waals surface area contributed by atoms with Crippen LogP contribution in [0.5, 0.6) is 0 Å². The molecular weight excluding hydrogens is 254 g/mol. The van der Waals surface area contributed by atoms with Gasteiger partial charge in [0.1, 0.15) is 0 Å². The molecule has 94 valence electrons. The summed E-state index contributed by atoms with van der Waals surface area (Å²) in [6.45, 7) is 5.12. The quantitative estimate of drug-likeness (QED) is 0.851. The maximum atomic E-state index is 12.1. The highest BCUT2D eigenvalue weighted by molar-refractivity contribution is 7.85. The van der Waals surface area contributed by atoms with Crippen molar-refractivity contribution in [2.24, 2.45) is 5.92 Å². The molecule has 0 aromatic heterocycles. The van der Waals surface area contributed by atoms with Crippen LogP contribution < -0.4 is 5.32 Å². The molecule has 17 heavy (non-hydrogen) atoms. The van der Waals surface area contributed by atoms with E-state index in [4.69, 9.17) is 11.6 Å². The zero-order valence-electron chi connectivity index (χ0n) is 10.2.